The zero-order valence-electron chi connectivity index (χ0n) is 10.8. The molecule has 0 aromatic carbocycles. The van der Waals surface area contributed by atoms with Gasteiger partial charge in [-0.1, -0.05) is 0 Å². The fourth-order valence-corrected chi connectivity index (χ4v) is 2.47. The topological polar surface area (TPSA) is 119 Å². The van der Waals surface area contributed by atoms with Crippen molar-refractivity contribution in [1.82, 2.24) is 10.2 Å². The molecule has 2 aliphatic heterocycles. The highest BCUT2D eigenvalue weighted by Gasteiger charge is 2.63. The van der Waals surface area contributed by atoms with Crippen LogP contribution in [0, 0.1) is 0 Å². The van der Waals surface area contributed by atoms with E-state index in [1.807, 2.05) is 0 Å². The summed E-state index contributed by atoms with van der Waals surface area (Å²) in [4.78, 5) is 24.2. The molecule has 0 aromatic rings. The number of ketones is 1. The lowest BCUT2D eigenvalue weighted by Gasteiger charge is -2.38. The Balaban J connectivity index is 2.29. The Morgan fingerprint density at radius 3 is 2.75 bits per heavy atom. The molecule has 2 heterocycles. The third kappa shape index (κ3) is 2.16. The van der Waals surface area contributed by atoms with Gasteiger partial charge in [0.25, 0.3) is 0 Å². The summed E-state index contributed by atoms with van der Waals surface area (Å²) in [6.45, 7) is 0.215. The lowest BCUT2D eigenvalue weighted by atomic mass is 9.91. The van der Waals surface area contributed by atoms with Gasteiger partial charge in [-0.15, -0.1) is 0 Å². The normalized spacial score (nSPS) is 41.6. The third-order valence-corrected chi connectivity index (χ3v) is 3.64. The molecule has 0 aromatic heterocycles. The molecule has 2 unspecified atom stereocenters. The van der Waals surface area contributed by atoms with Gasteiger partial charge in [-0.2, -0.15) is 0 Å². The monoisotopic (exact) mass is 292 g/mol. The molecule has 0 bridgehead atoms. The van der Waals surface area contributed by atoms with Crippen molar-refractivity contribution in [2.45, 2.75) is 43.7 Å². The number of nitrogens with zero attached hydrogens (tertiary/aromatic N) is 1. The quantitative estimate of drug-likeness (QED) is 0.482. The Bertz CT molecular complexity index is 422. The van der Waals surface area contributed by atoms with E-state index >= 15 is 0 Å². The van der Waals surface area contributed by atoms with E-state index in [-0.39, 0.29) is 13.0 Å². The average molecular weight is 292 g/mol. The molecule has 2 fully saturated rings. The van der Waals surface area contributed by atoms with Gasteiger partial charge in [0, 0.05) is 13.0 Å². The lowest BCUT2D eigenvalue weighted by molar-refractivity contribution is -0.146. The highest BCUT2D eigenvalue weighted by atomic mass is 19.1. The van der Waals surface area contributed by atoms with Crippen LogP contribution in [-0.2, 0) is 9.53 Å². The molecular formula is C11H17FN2O6. The van der Waals surface area contributed by atoms with Crippen LogP contribution in [0.2, 0.25) is 0 Å². The minimum atomic E-state index is -2.81. The van der Waals surface area contributed by atoms with Gasteiger partial charge in [0.15, 0.2) is 12.0 Å². The SMILES string of the molecule is CC(=O)[C@@]1(F)C(N2CCC(O)NC2=O)O[C@H](CO)[C@H]1O. The summed E-state index contributed by atoms with van der Waals surface area (Å²) < 4.78 is 20.0. The second-order valence-electron chi connectivity index (χ2n) is 4.93. The summed E-state index contributed by atoms with van der Waals surface area (Å²) in [5, 5.41) is 30.3. The Morgan fingerprint density at radius 2 is 2.25 bits per heavy atom. The maximum absolute atomic E-state index is 14.9. The average Bonchev–Trinajstić information content (AvgIpc) is 2.64. The first-order valence-electron chi connectivity index (χ1n) is 6.22. The molecule has 9 heteroatoms. The molecule has 0 aliphatic carbocycles. The van der Waals surface area contributed by atoms with Gasteiger partial charge < -0.3 is 25.4 Å². The van der Waals surface area contributed by atoms with Crippen LogP contribution in [0.1, 0.15) is 13.3 Å². The molecule has 114 valence electrons. The van der Waals surface area contributed by atoms with Gasteiger partial charge in [-0.05, 0) is 6.92 Å². The number of carbonyl (C=O) groups is 2. The van der Waals surface area contributed by atoms with Crippen molar-refractivity contribution in [3.63, 3.8) is 0 Å². The summed E-state index contributed by atoms with van der Waals surface area (Å²) in [5.74, 6) is -0.995. The van der Waals surface area contributed by atoms with Crippen LogP contribution in [0.15, 0.2) is 0 Å². The third-order valence-electron chi connectivity index (χ3n) is 3.64. The van der Waals surface area contributed by atoms with E-state index in [2.05, 4.69) is 5.32 Å². The maximum atomic E-state index is 14.9. The summed E-state index contributed by atoms with van der Waals surface area (Å²) in [6, 6.07) is -0.803. The number of ether oxygens (including phenoxy) is 1. The summed E-state index contributed by atoms with van der Waals surface area (Å²) in [7, 11) is 0. The second-order valence-corrected chi connectivity index (χ2v) is 4.93. The molecule has 2 saturated heterocycles. The van der Waals surface area contributed by atoms with E-state index in [0.717, 1.165) is 11.8 Å². The van der Waals surface area contributed by atoms with Gasteiger partial charge in [0.1, 0.15) is 18.4 Å². The predicted octanol–water partition coefficient (Wildman–Crippen LogP) is -1.90. The smallest absolute Gasteiger partial charge is 0.321 e. The van der Waals surface area contributed by atoms with Crippen LogP contribution >= 0.6 is 0 Å². The second kappa shape index (κ2) is 5.24. The maximum Gasteiger partial charge on any atom is 0.321 e. The van der Waals surface area contributed by atoms with Crippen LogP contribution in [0.4, 0.5) is 9.18 Å². The highest BCUT2D eigenvalue weighted by Crippen LogP contribution is 2.38. The number of Topliss-reactive ketones (excluding diaryl/α,β-unsaturated/α-hetero) is 1. The van der Waals surface area contributed by atoms with E-state index in [0.29, 0.717) is 0 Å². The molecule has 4 N–H and O–H groups in total. The van der Waals surface area contributed by atoms with E-state index in [1.54, 1.807) is 0 Å². The Labute approximate surface area is 114 Å². The molecule has 0 saturated carbocycles. The fraction of sp³-hybridized carbons (Fsp3) is 0.818. The minimum absolute atomic E-state index is 0.0402. The Hall–Kier alpha value is -1.29. The zero-order valence-corrected chi connectivity index (χ0v) is 10.8. The molecule has 2 rings (SSSR count). The van der Waals surface area contributed by atoms with Crippen molar-refractivity contribution in [1.29, 1.82) is 0 Å². The van der Waals surface area contributed by atoms with Gasteiger partial charge in [0.05, 0.1) is 6.61 Å². The first kappa shape index (κ1) is 15.1. The van der Waals surface area contributed by atoms with E-state index in [9.17, 15) is 24.2 Å². The van der Waals surface area contributed by atoms with Crippen LogP contribution < -0.4 is 5.32 Å². The first-order chi connectivity index (χ1) is 9.32. The summed E-state index contributed by atoms with van der Waals surface area (Å²) >= 11 is 0. The Morgan fingerprint density at radius 1 is 1.60 bits per heavy atom. The molecule has 0 spiro atoms. The van der Waals surface area contributed by atoms with Crippen molar-refractivity contribution in [2.24, 2.45) is 0 Å². The van der Waals surface area contributed by atoms with Gasteiger partial charge >= 0.3 is 6.03 Å². The molecular weight excluding hydrogens is 275 g/mol. The molecule has 2 amide bonds. The number of urea groups is 1. The molecule has 0 radical (unpaired) electrons. The number of hydrogen-bond donors (Lipinski definition) is 4. The van der Waals surface area contributed by atoms with E-state index < -0.39 is 48.8 Å². The van der Waals surface area contributed by atoms with Gasteiger partial charge in [-0.25, -0.2) is 9.18 Å². The number of hydrogen-bond acceptors (Lipinski definition) is 6. The first-order valence-corrected chi connectivity index (χ1v) is 6.22. The molecule has 5 atom stereocenters. The van der Waals surface area contributed by atoms with Crippen molar-refractivity contribution in [2.75, 3.05) is 13.2 Å². The fourth-order valence-electron chi connectivity index (χ4n) is 2.47. The summed E-state index contributed by atoms with van der Waals surface area (Å²) in [5.41, 5.74) is -2.81. The highest BCUT2D eigenvalue weighted by molar-refractivity contribution is 5.88. The minimum Gasteiger partial charge on any atom is -0.394 e. The number of nitrogens with one attached hydrogen (secondary N) is 1. The number of halogens is 1. The molecule has 8 nitrogen and oxygen atoms in total. The standard InChI is InChI=1S/C11H17FN2O6/c1-5(16)11(12)8(18)6(4-15)20-9(11)14-3-2-7(17)13-10(14)19/h6-9,15,17-18H,2-4H2,1H3,(H,13,19)/t6-,7?,8-,9?,11+/m1/s1. The number of aliphatic hydroxyl groups is 3. The van der Waals surface area contributed by atoms with Crippen molar-refractivity contribution in [3.8, 4) is 0 Å². The molecule has 2 aliphatic rings. The number of alkyl halides is 1. The van der Waals surface area contributed by atoms with Gasteiger partial charge in [0.2, 0.25) is 5.67 Å². The lowest BCUT2D eigenvalue weighted by Crippen LogP contribution is -2.63. The number of amides is 2. The van der Waals surface area contributed by atoms with Crippen molar-refractivity contribution in [3.05, 3.63) is 0 Å². The number of carbonyl (C=O) groups excluding carboxylic acids is 2. The van der Waals surface area contributed by atoms with E-state index in [4.69, 9.17) is 9.84 Å². The van der Waals surface area contributed by atoms with E-state index in [1.165, 1.54) is 0 Å². The Kier molecular flexibility index (Phi) is 3.96. The summed E-state index contributed by atoms with van der Waals surface area (Å²) in [6.07, 6.45) is -5.73. The van der Waals surface area contributed by atoms with Crippen LogP contribution in [-0.4, -0.2) is 75.5 Å². The number of rotatable bonds is 3. The van der Waals surface area contributed by atoms with Crippen LogP contribution in [0.3, 0.4) is 0 Å². The van der Waals surface area contributed by atoms with Crippen LogP contribution in [0.5, 0.6) is 0 Å². The van der Waals surface area contributed by atoms with Crippen molar-refractivity contribution >= 4 is 11.8 Å². The largest absolute Gasteiger partial charge is 0.394 e. The van der Waals surface area contributed by atoms with Crippen LogP contribution in [0.25, 0.3) is 0 Å². The van der Waals surface area contributed by atoms with Crippen molar-refractivity contribution < 1.29 is 34.0 Å². The zero-order chi connectivity index (χ0) is 15.1. The van der Waals surface area contributed by atoms with Gasteiger partial charge in [-0.3, -0.25) is 9.69 Å². The number of aliphatic hydroxyl groups excluding tert-OH is 3. The molecule has 20 heavy (non-hydrogen) atoms. The predicted molar refractivity (Wildman–Crippen MR) is 62.1 cm³/mol.